The summed E-state index contributed by atoms with van der Waals surface area (Å²) in [5.41, 5.74) is 0. The molecular weight excluding hydrogens is 236 g/mol. The van der Waals surface area contributed by atoms with Gasteiger partial charge in [-0.3, -0.25) is 9.69 Å². The number of carbonyl (C=O) groups excluding carboxylic acids is 1. The fourth-order valence-corrected chi connectivity index (χ4v) is 2.38. The van der Waals surface area contributed by atoms with Gasteiger partial charge in [-0.1, -0.05) is 20.8 Å². The van der Waals surface area contributed by atoms with Crippen LogP contribution in [0.2, 0.25) is 0 Å². The molecule has 0 unspecified atom stereocenters. The van der Waals surface area contributed by atoms with Gasteiger partial charge in [0, 0.05) is 36.7 Å². The van der Waals surface area contributed by atoms with E-state index in [1.54, 1.807) is 0 Å². The van der Waals surface area contributed by atoms with Gasteiger partial charge in [-0.25, -0.2) is 0 Å². The summed E-state index contributed by atoms with van der Waals surface area (Å²) in [6.45, 7) is 11.3. The second-order valence-corrected chi connectivity index (χ2v) is 7.13. The molecule has 100 valence electrons. The van der Waals surface area contributed by atoms with Gasteiger partial charge in [0.05, 0.1) is 6.54 Å². The van der Waals surface area contributed by atoms with Crippen LogP contribution in [0.25, 0.3) is 0 Å². The van der Waals surface area contributed by atoms with Crippen LogP contribution < -0.4 is 5.32 Å². The third kappa shape index (κ3) is 7.63. The Morgan fingerprint density at radius 1 is 1.35 bits per heavy atom. The minimum atomic E-state index is -0.0959. The maximum atomic E-state index is 11.5. The van der Waals surface area contributed by atoms with E-state index < -0.39 is 0 Å². The average molecular weight is 260 g/mol. The smallest absolute Gasteiger partial charge is 0.320 e. The van der Waals surface area contributed by atoms with Crippen LogP contribution in [0.5, 0.6) is 0 Å². The van der Waals surface area contributed by atoms with Gasteiger partial charge in [0.25, 0.3) is 0 Å². The first kappa shape index (κ1) is 14.8. The molecule has 1 fully saturated rings. The van der Waals surface area contributed by atoms with Crippen LogP contribution in [0.4, 0.5) is 0 Å². The van der Waals surface area contributed by atoms with E-state index in [1.807, 2.05) is 11.8 Å². The summed E-state index contributed by atoms with van der Waals surface area (Å²) < 4.78 is 5.46. The number of hydrogen-bond acceptors (Lipinski definition) is 5. The highest BCUT2D eigenvalue weighted by Gasteiger charge is 2.15. The van der Waals surface area contributed by atoms with Crippen LogP contribution in [-0.2, 0) is 9.53 Å². The lowest BCUT2D eigenvalue weighted by Gasteiger charge is -2.26. The summed E-state index contributed by atoms with van der Waals surface area (Å²) in [5.74, 6) is 0.776. The van der Waals surface area contributed by atoms with Crippen molar-refractivity contribution in [3.63, 3.8) is 0 Å². The van der Waals surface area contributed by atoms with Crippen molar-refractivity contribution in [1.29, 1.82) is 0 Å². The molecule has 1 aliphatic heterocycles. The van der Waals surface area contributed by atoms with Gasteiger partial charge in [-0.05, 0) is 0 Å². The van der Waals surface area contributed by atoms with Gasteiger partial charge in [0.2, 0.25) is 0 Å². The Labute approximate surface area is 108 Å². The Kier molecular flexibility index (Phi) is 6.30. The number of hydrogen-bond donors (Lipinski definition) is 1. The topological polar surface area (TPSA) is 41.6 Å². The molecule has 0 aliphatic carbocycles. The van der Waals surface area contributed by atoms with E-state index in [-0.39, 0.29) is 10.7 Å². The molecule has 0 amide bonds. The molecule has 5 heteroatoms. The largest absolute Gasteiger partial charge is 0.464 e. The molecular formula is C12H24N2O2S. The van der Waals surface area contributed by atoms with Crippen molar-refractivity contribution in [2.24, 2.45) is 0 Å². The number of carbonyl (C=O) groups is 1. The summed E-state index contributed by atoms with van der Waals surface area (Å²) in [6, 6.07) is 0. The van der Waals surface area contributed by atoms with E-state index in [1.165, 1.54) is 0 Å². The molecule has 0 aromatic heterocycles. The van der Waals surface area contributed by atoms with Crippen molar-refractivity contribution in [3.8, 4) is 0 Å². The van der Waals surface area contributed by atoms with Crippen molar-refractivity contribution in [2.75, 3.05) is 45.1 Å². The van der Waals surface area contributed by atoms with E-state index in [9.17, 15) is 4.79 Å². The highest BCUT2D eigenvalue weighted by atomic mass is 32.2. The van der Waals surface area contributed by atoms with Crippen LogP contribution in [-0.4, -0.2) is 60.7 Å². The molecule has 0 radical (unpaired) electrons. The molecule has 1 aliphatic rings. The lowest BCUT2D eigenvalue weighted by molar-refractivity contribution is -0.144. The fraction of sp³-hybridized carbons (Fsp3) is 0.917. The Hall–Kier alpha value is -0.260. The normalized spacial score (nSPS) is 18.1. The van der Waals surface area contributed by atoms with E-state index >= 15 is 0 Å². The van der Waals surface area contributed by atoms with Gasteiger partial charge >= 0.3 is 5.97 Å². The van der Waals surface area contributed by atoms with Crippen molar-refractivity contribution < 1.29 is 9.53 Å². The van der Waals surface area contributed by atoms with Gasteiger partial charge in [-0.15, -0.1) is 0 Å². The molecule has 4 nitrogen and oxygen atoms in total. The molecule has 1 N–H and O–H groups in total. The van der Waals surface area contributed by atoms with Gasteiger partial charge in [-0.2, -0.15) is 11.8 Å². The van der Waals surface area contributed by atoms with E-state index in [0.717, 1.165) is 31.9 Å². The van der Waals surface area contributed by atoms with Crippen LogP contribution in [0, 0.1) is 0 Å². The number of nitrogens with one attached hydrogen (secondary N) is 1. The molecule has 1 saturated heterocycles. The zero-order valence-electron chi connectivity index (χ0n) is 11.1. The van der Waals surface area contributed by atoms with Crippen molar-refractivity contribution in [2.45, 2.75) is 25.5 Å². The lowest BCUT2D eigenvalue weighted by atomic mass is 10.3. The Morgan fingerprint density at radius 2 is 2.00 bits per heavy atom. The van der Waals surface area contributed by atoms with Crippen LogP contribution in [0.3, 0.4) is 0 Å². The Bertz CT molecular complexity index is 235. The van der Waals surface area contributed by atoms with Crippen molar-refractivity contribution in [1.82, 2.24) is 10.2 Å². The summed E-state index contributed by atoms with van der Waals surface area (Å²) >= 11 is 1.82. The molecule has 0 aromatic rings. The SMILES string of the molecule is CC(C)(C)SCCOC(=O)CN1CCNCC1. The minimum absolute atomic E-state index is 0.0959. The number of thioether (sulfide) groups is 1. The Balaban J connectivity index is 2.04. The number of ether oxygens (including phenoxy) is 1. The summed E-state index contributed by atoms with van der Waals surface area (Å²) in [5, 5.41) is 3.26. The third-order valence-corrected chi connectivity index (χ3v) is 3.68. The molecule has 0 bridgehead atoms. The molecule has 0 spiro atoms. The predicted octanol–water partition coefficient (Wildman–Crippen LogP) is 0.966. The Morgan fingerprint density at radius 3 is 2.59 bits per heavy atom. The zero-order valence-corrected chi connectivity index (χ0v) is 11.9. The fourth-order valence-electron chi connectivity index (χ4n) is 1.60. The van der Waals surface area contributed by atoms with E-state index in [0.29, 0.717) is 13.2 Å². The molecule has 17 heavy (non-hydrogen) atoms. The molecule has 0 aromatic carbocycles. The first-order valence-corrected chi connectivity index (χ1v) is 7.18. The van der Waals surface area contributed by atoms with Crippen LogP contribution in [0.1, 0.15) is 20.8 Å². The second-order valence-electron chi connectivity index (χ2n) is 5.21. The number of nitrogens with zero attached hydrogens (tertiary/aromatic N) is 1. The van der Waals surface area contributed by atoms with Crippen molar-refractivity contribution in [3.05, 3.63) is 0 Å². The van der Waals surface area contributed by atoms with E-state index in [2.05, 4.69) is 31.0 Å². The molecule has 0 saturated carbocycles. The van der Waals surface area contributed by atoms with E-state index in [4.69, 9.17) is 4.74 Å². The number of esters is 1. The maximum absolute atomic E-state index is 11.5. The second kappa shape index (κ2) is 7.24. The summed E-state index contributed by atoms with van der Waals surface area (Å²) in [7, 11) is 0. The number of rotatable bonds is 5. The standard InChI is InChI=1S/C12H24N2O2S/c1-12(2,3)17-9-8-16-11(15)10-14-6-4-13-5-7-14/h13H,4-10H2,1-3H3. The highest BCUT2D eigenvalue weighted by molar-refractivity contribution is 8.00. The first-order valence-electron chi connectivity index (χ1n) is 6.20. The van der Waals surface area contributed by atoms with Gasteiger partial charge in [0.15, 0.2) is 0 Å². The van der Waals surface area contributed by atoms with Crippen molar-refractivity contribution >= 4 is 17.7 Å². The average Bonchev–Trinajstić information content (AvgIpc) is 2.25. The zero-order chi connectivity index (χ0) is 12.7. The molecule has 1 heterocycles. The van der Waals surface area contributed by atoms with Crippen LogP contribution >= 0.6 is 11.8 Å². The van der Waals surface area contributed by atoms with Crippen LogP contribution in [0.15, 0.2) is 0 Å². The summed E-state index contributed by atoms with van der Waals surface area (Å²) in [4.78, 5) is 13.7. The van der Waals surface area contributed by atoms with Gasteiger partial charge < -0.3 is 10.1 Å². The monoisotopic (exact) mass is 260 g/mol. The lowest BCUT2D eigenvalue weighted by Crippen LogP contribution is -2.45. The predicted molar refractivity (Wildman–Crippen MR) is 72.5 cm³/mol. The maximum Gasteiger partial charge on any atom is 0.320 e. The first-order chi connectivity index (χ1) is 7.97. The third-order valence-electron chi connectivity index (χ3n) is 2.44. The molecule has 0 atom stereocenters. The molecule has 1 rings (SSSR count). The quantitative estimate of drug-likeness (QED) is 0.589. The van der Waals surface area contributed by atoms with Gasteiger partial charge in [0.1, 0.15) is 6.61 Å². The highest BCUT2D eigenvalue weighted by Crippen LogP contribution is 2.22. The minimum Gasteiger partial charge on any atom is -0.464 e. The summed E-state index contributed by atoms with van der Waals surface area (Å²) in [6.07, 6.45) is 0. The number of piperazine rings is 1.